The molecule has 0 amide bonds. The van der Waals surface area contributed by atoms with Crippen molar-refractivity contribution in [2.45, 2.75) is 0 Å². The van der Waals surface area contributed by atoms with Crippen LogP contribution in [0.4, 0.5) is 4.39 Å². The molecule has 3 aromatic rings. The number of halogens is 1. The lowest BCUT2D eigenvalue weighted by Gasteiger charge is -2.08. The number of aromatic nitrogens is 2. The highest BCUT2D eigenvalue weighted by Crippen LogP contribution is 2.27. The summed E-state index contributed by atoms with van der Waals surface area (Å²) >= 11 is 0. The van der Waals surface area contributed by atoms with Crippen molar-refractivity contribution >= 4 is 0 Å². The van der Waals surface area contributed by atoms with Crippen molar-refractivity contribution in [1.82, 2.24) is 9.97 Å². The molecule has 0 aliphatic rings. The standard InChI is InChI=1S/C17H10FN3O/c18-15-4-2-1-3-12(15)13-9-16(11-5-7-20-8-6-11)21-17(22)14(13)10-19/h1-9H,(H,21,22). The number of benzene rings is 1. The van der Waals surface area contributed by atoms with Crippen molar-refractivity contribution in [3.05, 3.63) is 76.6 Å². The Kier molecular flexibility index (Phi) is 3.50. The predicted molar refractivity (Wildman–Crippen MR) is 80.4 cm³/mol. The van der Waals surface area contributed by atoms with Crippen LogP contribution in [-0.4, -0.2) is 9.97 Å². The molecule has 0 unspecified atom stereocenters. The number of nitriles is 1. The third-order valence-corrected chi connectivity index (χ3v) is 3.30. The molecule has 0 bridgehead atoms. The zero-order chi connectivity index (χ0) is 15.5. The lowest BCUT2D eigenvalue weighted by molar-refractivity contribution is 0.631. The zero-order valence-electron chi connectivity index (χ0n) is 11.4. The fraction of sp³-hybridized carbons (Fsp3) is 0. The van der Waals surface area contributed by atoms with Crippen LogP contribution in [0.2, 0.25) is 0 Å². The smallest absolute Gasteiger partial charge is 0.266 e. The Morgan fingerprint density at radius 2 is 1.82 bits per heavy atom. The van der Waals surface area contributed by atoms with E-state index in [1.807, 2.05) is 6.07 Å². The highest BCUT2D eigenvalue weighted by atomic mass is 19.1. The van der Waals surface area contributed by atoms with E-state index >= 15 is 0 Å². The van der Waals surface area contributed by atoms with Gasteiger partial charge >= 0.3 is 0 Å². The topological polar surface area (TPSA) is 69.5 Å². The van der Waals surface area contributed by atoms with E-state index < -0.39 is 11.4 Å². The van der Waals surface area contributed by atoms with E-state index in [1.54, 1.807) is 48.8 Å². The van der Waals surface area contributed by atoms with E-state index in [-0.39, 0.29) is 16.7 Å². The molecule has 0 aliphatic heterocycles. The van der Waals surface area contributed by atoms with Gasteiger partial charge < -0.3 is 4.98 Å². The van der Waals surface area contributed by atoms with Gasteiger partial charge in [0.15, 0.2) is 0 Å². The summed E-state index contributed by atoms with van der Waals surface area (Å²) in [5.74, 6) is -0.481. The molecule has 0 radical (unpaired) electrons. The van der Waals surface area contributed by atoms with E-state index in [0.29, 0.717) is 5.69 Å². The number of nitrogens with one attached hydrogen (secondary N) is 1. The normalized spacial score (nSPS) is 10.2. The zero-order valence-corrected chi connectivity index (χ0v) is 11.4. The third-order valence-electron chi connectivity index (χ3n) is 3.30. The first-order chi connectivity index (χ1) is 10.7. The summed E-state index contributed by atoms with van der Waals surface area (Å²) in [6.07, 6.45) is 3.18. The second-order valence-corrected chi connectivity index (χ2v) is 4.63. The molecule has 1 aromatic carbocycles. The quantitative estimate of drug-likeness (QED) is 0.788. The molecule has 0 saturated carbocycles. The van der Waals surface area contributed by atoms with Gasteiger partial charge in [0.1, 0.15) is 17.4 Å². The van der Waals surface area contributed by atoms with Gasteiger partial charge in [-0.25, -0.2) is 4.39 Å². The molecular formula is C17H10FN3O. The lowest BCUT2D eigenvalue weighted by atomic mass is 9.99. The van der Waals surface area contributed by atoms with Crippen LogP contribution in [0.5, 0.6) is 0 Å². The molecule has 0 saturated heterocycles. The van der Waals surface area contributed by atoms with E-state index in [2.05, 4.69) is 9.97 Å². The van der Waals surface area contributed by atoms with Crippen molar-refractivity contribution in [2.24, 2.45) is 0 Å². The number of H-pyrrole nitrogens is 1. The Morgan fingerprint density at radius 1 is 1.09 bits per heavy atom. The molecule has 2 heterocycles. The van der Waals surface area contributed by atoms with Crippen LogP contribution < -0.4 is 5.56 Å². The average Bonchev–Trinajstić information content (AvgIpc) is 2.55. The van der Waals surface area contributed by atoms with Crippen molar-refractivity contribution in [3.63, 3.8) is 0 Å². The first-order valence-electron chi connectivity index (χ1n) is 6.53. The molecule has 22 heavy (non-hydrogen) atoms. The Morgan fingerprint density at radius 3 is 2.50 bits per heavy atom. The molecule has 0 spiro atoms. The van der Waals surface area contributed by atoms with Crippen LogP contribution in [0.15, 0.2) is 59.7 Å². The maximum Gasteiger partial charge on any atom is 0.266 e. The monoisotopic (exact) mass is 291 g/mol. The van der Waals surface area contributed by atoms with Crippen LogP contribution in [-0.2, 0) is 0 Å². The minimum absolute atomic E-state index is 0.108. The van der Waals surface area contributed by atoms with Crippen LogP contribution in [0.1, 0.15) is 5.56 Å². The summed E-state index contributed by atoms with van der Waals surface area (Å²) in [6, 6.07) is 13.0. The Hall–Kier alpha value is -3.26. The number of aromatic amines is 1. The van der Waals surface area contributed by atoms with Gasteiger partial charge in [0, 0.05) is 34.8 Å². The summed E-state index contributed by atoms with van der Waals surface area (Å²) in [6.45, 7) is 0. The predicted octanol–water partition coefficient (Wildman–Crippen LogP) is 3.11. The van der Waals surface area contributed by atoms with Crippen LogP contribution >= 0.6 is 0 Å². The number of rotatable bonds is 2. The average molecular weight is 291 g/mol. The summed E-state index contributed by atoms with van der Waals surface area (Å²) in [4.78, 5) is 18.7. The second kappa shape index (κ2) is 5.62. The Balaban J connectivity index is 2.30. The van der Waals surface area contributed by atoms with E-state index in [9.17, 15) is 14.4 Å². The summed E-state index contributed by atoms with van der Waals surface area (Å²) < 4.78 is 14.0. The molecule has 0 atom stereocenters. The molecule has 2 aromatic heterocycles. The summed E-state index contributed by atoms with van der Waals surface area (Å²) in [7, 11) is 0. The van der Waals surface area contributed by atoms with Gasteiger partial charge in [-0.3, -0.25) is 9.78 Å². The molecule has 3 rings (SSSR count). The highest BCUT2D eigenvalue weighted by molar-refractivity contribution is 5.75. The van der Waals surface area contributed by atoms with Gasteiger partial charge in [0.2, 0.25) is 0 Å². The third kappa shape index (κ3) is 2.38. The van der Waals surface area contributed by atoms with Crippen LogP contribution in [0.3, 0.4) is 0 Å². The minimum atomic E-state index is -0.546. The number of pyridine rings is 2. The molecule has 5 heteroatoms. The van der Waals surface area contributed by atoms with Crippen molar-refractivity contribution in [3.8, 4) is 28.5 Å². The second-order valence-electron chi connectivity index (χ2n) is 4.63. The lowest BCUT2D eigenvalue weighted by Crippen LogP contribution is -2.13. The van der Waals surface area contributed by atoms with Crippen molar-refractivity contribution < 1.29 is 4.39 Å². The first kappa shape index (κ1) is 13.7. The molecular weight excluding hydrogens is 281 g/mol. The Labute approximate surface area is 125 Å². The van der Waals surface area contributed by atoms with Crippen molar-refractivity contribution in [1.29, 1.82) is 5.26 Å². The molecule has 4 nitrogen and oxygen atoms in total. The van der Waals surface area contributed by atoms with Crippen LogP contribution in [0.25, 0.3) is 22.4 Å². The molecule has 106 valence electrons. The fourth-order valence-corrected chi connectivity index (χ4v) is 2.25. The van der Waals surface area contributed by atoms with E-state index in [1.165, 1.54) is 6.07 Å². The fourth-order valence-electron chi connectivity index (χ4n) is 2.25. The van der Waals surface area contributed by atoms with Crippen LogP contribution in [0, 0.1) is 17.1 Å². The number of hydrogen-bond acceptors (Lipinski definition) is 3. The van der Waals surface area contributed by atoms with Gasteiger partial charge in [0.05, 0.1) is 0 Å². The van der Waals surface area contributed by atoms with Crippen molar-refractivity contribution in [2.75, 3.05) is 0 Å². The Bertz CT molecular complexity index is 927. The van der Waals surface area contributed by atoms with Gasteiger partial charge in [-0.1, -0.05) is 18.2 Å². The SMILES string of the molecule is N#Cc1c(-c2ccccc2F)cc(-c2ccncc2)[nH]c1=O. The van der Waals surface area contributed by atoms with E-state index in [0.717, 1.165) is 5.56 Å². The number of hydrogen-bond donors (Lipinski definition) is 1. The maximum absolute atomic E-state index is 14.0. The van der Waals surface area contributed by atoms with E-state index in [4.69, 9.17) is 0 Å². The van der Waals surface area contributed by atoms with Gasteiger partial charge in [0.25, 0.3) is 5.56 Å². The molecule has 0 fully saturated rings. The first-order valence-corrected chi connectivity index (χ1v) is 6.53. The summed E-state index contributed by atoms with van der Waals surface area (Å²) in [5, 5.41) is 9.21. The molecule has 0 aliphatic carbocycles. The largest absolute Gasteiger partial charge is 0.321 e. The summed E-state index contributed by atoms with van der Waals surface area (Å²) in [5.41, 5.74) is 1.08. The highest BCUT2D eigenvalue weighted by Gasteiger charge is 2.14. The number of nitrogens with zero attached hydrogens (tertiary/aromatic N) is 2. The molecule has 1 N–H and O–H groups in total. The van der Waals surface area contributed by atoms with Gasteiger partial charge in [-0.15, -0.1) is 0 Å². The minimum Gasteiger partial charge on any atom is -0.321 e. The maximum atomic E-state index is 14.0. The van der Waals surface area contributed by atoms with Gasteiger partial charge in [-0.05, 0) is 24.3 Å². The van der Waals surface area contributed by atoms with Gasteiger partial charge in [-0.2, -0.15) is 5.26 Å².